The van der Waals surface area contributed by atoms with Gasteiger partial charge in [0.15, 0.2) is 0 Å². The Kier molecular flexibility index (Phi) is 5.28. The van der Waals surface area contributed by atoms with Gasteiger partial charge in [0.25, 0.3) is 0 Å². The number of imidazole rings is 1. The Morgan fingerprint density at radius 1 is 1.04 bits per heavy atom. The Labute approximate surface area is 162 Å². The van der Waals surface area contributed by atoms with Crippen LogP contribution in [-0.4, -0.2) is 33.9 Å². The van der Waals surface area contributed by atoms with Crippen LogP contribution < -0.4 is 5.69 Å². The molecule has 0 saturated carbocycles. The number of likely N-dealkylation sites (tertiary alicyclic amines) is 1. The SMILES string of the molecule is O=C(C[C@H](Cc1ccccc1)c1cc2[nH]c(=O)[nH]c2cc1F)N1CCCCC1. The van der Waals surface area contributed by atoms with Crippen LogP contribution in [-0.2, 0) is 11.2 Å². The molecule has 0 bridgehead atoms. The summed E-state index contributed by atoms with van der Waals surface area (Å²) in [6.45, 7) is 1.56. The van der Waals surface area contributed by atoms with Crippen molar-refractivity contribution < 1.29 is 9.18 Å². The number of piperidine rings is 1. The minimum absolute atomic E-state index is 0.0719. The number of carbonyl (C=O) groups excluding carboxylic acids is 1. The van der Waals surface area contributed by atoms with E-state index in [2.05, 4.69) is 9.97 Å². The first kappa shape index (κ1) is 18.5. The molecule has 2 aromatic carbocycles. The lowest BCUT2D eigenvalue weighted by Crippen LogP contribution is -2.36. The first-order chi connectivity index (χ1) is 13.6. The number of H-pyrrole nitrogens is 2. The maximum atomic E-state index is 14.9. The van der Waals surface area contributed by atoms with Gasteiger partial charge < -0.3 is 14.9 Å². The van der Waals surface area contributed by atoms with Gasteiger partial charge in [-0.25, -0.2) is 9.18 Å². The second-order valence-electron chi connectivity index (χ2n) is 7.53. The van der Waals surface area contributed by atoms with Gasteiger partial charge in [-0.2, -0.15) is 0 Å². The van der Waals surface area contributed by atoms with Crippen molar-refractivity contribution in [3.05, 3.63) is 69.9 Å². The summed E-state index contributed by atoms with van der Waals surface area (Å²) in [5.41, 5.74) is 2.16. The number of nitrogens with one attached hydrogen (secondary N) is 2. The van der Waals surface area contributed by atoms with Gasteiger partial charge in [-0.1, -0.05) is 30.3 Å². The fourth-order valence-corrected chi connectivity index (χ4v) is 4.06. The van der Waals surface area contributed by atoms with Crippen molar-refractivity contribution in [2.75, 3.05) is 13.1 Å². The van der Waals surface area contributed by atoms with Crippen molar-refractivity contribution in [2.24, 2.45) is 0 Å². The van der Waals surface area contributed by atoms with Crippen LogP contribution >= 0.6 is 0 Å². The Morgan fingerprint density at radius 2 is 1.71 bits per heavy atom. The van der Waals surface area contributed by atoms with Gasteiger partial charge in [0.05, 0.1) is 11.0 Å². The number of rotatable bonds is 5. The van der Waals surface area contributed by atoms with Crippen LogP contribution in [0.15, 0.2) is 47.3 Å². The van der Waals surface area contributed by atoms with Gasteiger partial charge in [0.2, 0.25) is 5.91 Å². The van der Waals surface area contributed by atoms with Crippen molar-refractivity contribution in [1.82, 2.24) is 14.9 Å². The molecular formula is C22H24FN3O2. The number of amides is 1. The highest BCUT2D eigenvalue weighted by molar-refractivity contribution is 5.79. The highest BCUT2D eigenvalue weighted by atomic mass is 19.1. The molecule has 0 unspecified atom stereocenters. The van der Waals surface area contributed by atoms with Gasteiger partial charge in [0.1, 0.15) is 5.82 Å². The molecule has 1 fully saturated rings. The van der Waals surface area contributed by atoms with Crippen molar-refractivity contribution in [3.8, 4) is 0 Å². The van der Waals surface area contributed by atoms with E-state index in [9.17, 15) is 14.0 Å². The molecular weight excluding hydrogens is 357 g/mol. The molecule has 1 amide bonds. The van der Waals surface area contributed by atoms with Gasteiger partial charge >= 0.3 is 5.69 Å². The Morgan fingerprint density at radius 3 is 2.43 bits per heavy atom. The summed E-state index contributed by atoms with van der Waals surface area (Å²) in [6, 6.07) is 12.8. The van der Waals surface area contributed by atoms with Gasteiger partial charge in [-0.3, -0.25) is 4.79 Å². The quantitative estimate of drug-likeness (QED) is 0.707. The van der Waals surface area contributed by atoms with E-state index >= 15 is 0 Å². The van der Waals surface area contributed by atoms with E-state index in [1.54, 1.807) is 6.07 Å². The van der Waals surface area contributed by atoms with Crippen LogP contribution in [0, 0.1) is 5.82 Å². The standard InChI is InChI=1S/C22H24FN3O2/c23-18-14-20-19(24-22(28)25-20)13-17(18)16(11-15-7-3-1-4-8-15)12-21(27)26-9-5-2-6-10-26/h1,3-4,7-8,13-14,16H,2,5-6,9-12H2,(H2,24,25,28)/t16-/m0/s1. The van der Waals surface area contributed by atoms with E-state index < -0.39 is 5.82 Å². The zero-order valence-corrected chi connectivity index (χ0v) is 15.7. The smallest absolute Gasteiger partial charge is 0.323 e. The molecule has 4 rings (SSSR count). The summed E-state index contributed by atoms with van der Waals surface area (Å²) in [5.74, 6) is -0.613. The third-order valence-electron chi connectivity index (χ3n) is 5.53. The van der Waals surface area contributed by atoms with Crippen LogP contribution in [0.3, 0.4) is 0 Å². The number of benzene rings is 2. The lowest BCUT2D eigenvalue weighted by atomic mass is 9.88. The van der Waals surface area contributed by atoms with Crippen molar-refractivity contribution in [1.29, 1.82) is 0 Å². The molecule has 1 saturated heterocycles. The second-order valence-corrected chi connectivity index (χ2v) is 7.53. The minimum Gasteiger partial charge on any atom is -0.343 e. The summed E-state index contributed by atoms with van der Waals surface area (Å²) in [7, 11) is 0. The first-order valence-electron chi connectivity index (χ1n) is 9.83. The number of hydrogen-bond acceptors (Lipinski definition) is 2. The fraction of sp³-hybridized carbons (Fsp3) is 0.364. The molecule has 28 heavy (non-hydrogen) atoms. The molecule has 3 aromatic rings. The first-order valence-corrected chi connectivity index (χ1v) is 9.83. The molecule has 6 heteroatoms. The molecule has 146 valence electrons. The third kappa shape index (κ3) is 4.01. The maximum Gasteiger partial charge on any atom is 0.323 e. The predicted molar refractivity (Wildman–Crippen MR) is 107 cm³/mol. The molecule has 2 N–H and O–H groups in total. The lowest BCUT2D eigenvalue weighted by Gasteiger charge is -2.29. The number of halogens is 1. The van der Waals surface area contributed by atoms with Gasteiger partial charge in [0, 0.05) is 19.5 Å². The van der Waals surface area contributed by atoms with E-state index in [0.29, 0.717) is 23.0 Å². The van der Waals surface area contributed by atoms with E-state index in [1.165, 1.54) is 6.07 Å². The number of aromatic amines is 2. The normalized spacial score (nSPS) is 15.7. The molecule has 5 nitrogen and oxygen atoms in total. The van der Waals surface area contributed by atoms with Crippen LogP contribution in [0.4, 0.5) is 4.39 Å². The van der Waals surface area contributed by atoms with Crippen molar-refractivity contribution in [2.45, 2.75) is 38.0 Å². The van der Waals surface area contributed by atoms with Crippen molar-refractivity contribution >= 4 is 16.9 Å². The van der Waals surface area contributed by atoms with E-state index in [1.807, 2.05) is 35.2 Å². The molecule has 1 atom stereocenters. The summed E-state index contributed by atoms with van der Waals surface area (Å²) >= 11 is 0. The summed E-state index contributed by atoms with van der Waals surface area (Å²) in [6.07, 6.45) is 4.03. The number of nitrogens with zero attached hydrogens (tertiary/aromatic N) is 1. The Hall–Kier alpha value is -2.89. The van der Waals surface area contributed by atoms with Crippen LogP contribution in [0.1, 0.15) is 42.7 Å². The summed E-state index contributed by atoms with van der Waals surface area (Å²) in [5, 5.41) is 0. The third-order valence-corrected chi connectivity index (χ3v) is 5.53. The molecule has 0 spiro atoms. The Balaban J connectivity index is 1.66. The molecule has 1 aliphatic rings. The molecule has 0 radical (unpaired) electrons. The van der Waals surface area contributed by atoms with Gasteiger partial charge in [-0.05, 0) is 54.9 Å². The van der Waals surface area contributed by atoms with Crippen LogP contribution in [0.25, 0.3) is 11.0 Å². The number of hydrogen-bond donors (Lipinski definition) is 2. The monoisotopic (exact) mass is 381 g/mol. The summed E-state index contributed by atoms with van der Waals surface area (Å²) < 4.78 is 14.9. The maximum absolute atomic E-state index is 14.9. The number of fused-ring (bicyclic) bond motifs is 1. The van der Waals surface area contributed by atoms with Crippen molar-refractivity contribution in [3.63, 3.8) is 0 Å². The zero-order valence-electron chi connectivity index (χ0n) is 15.7. The van der Waals surface area contributed by atoms with Crippen LogP contribution in [0.5, 0.6) is 0 Å². The highest BCUT2D eigenvalue weighted by Crippen LogP contribution is 2.30. The highest BCUT2D eigenvalue weighted by Gasteiger charge is 2.25. The molecule has 0 aliphatic carbocycles. The molecule has 2 heterocycles. The lowest BCUT2D eigenvalue weighted by molar-refractivity contribution is -0.132. The van der Waals surface area contributed by atoms with Crippen LogP contribution in [0.2, 0.25) is 0 Å². The Bertz CT molecular complexity index is 1020. The van der Waals surface area contributed by atoms with E-state index in [0.717, 1.165) is 37.9 Å². The number of aromatic nitrogens is 2. The number of carbonyl (C=O) groups is 1. The zero-order chi connectivity index (χ0) is 19.5. The largest absolute Gasteiger partial charge is 0.343 e. The average molecular weight is 381 g/mol. The second kappa shape index (κ2) is 8.00. The average Bonchev–Trinajstić information content (AvgIpc) is 3.07. The van der Waals surface area contributed by atoms with E-state index in [-0.39, 0.29) is 23.9 Å². The topological polar surface area (TPSA) is 69.0 Å². The molecule has 1 aliphatic heterocycles. The minimum atomic E-state index is -0.393. The fourth-order valence-electron chi connectivity index (χ4n) is 4.06. The summed E-state index contributed by atoms with van der Waals surface area (Å²) in [4.78, 5) is 31.6. The predicted octanol–water partition coefficient (Wildman–Crippen LogP) is 3.72. The van der Waals surface area contributed by atoms with Gasteiger partial charge in [-0.15, -0.1) is 0 Å². The van der Waals surface area contributed by atoms with E-state index in [4.69, 9.17) is 0 Å². The molecule has 1 aromatic heterocycles.